The maximum absolute atomic E-state index is 13.6. The van der Waals surface area contributed by atoms with E-state index in [0.717, 1.165) is 11.3 Å². The summed E-state index contributed by atoms with van der Waals surface area (Å²) in [6.07, 6.45) is 1.70. The van der Waals surface area contributed by atoms with E-state index in [1.807, 2.05) is 61.5 Å². The van der Waals surface area contributed by atoms with Crippen LogP contribution in [0.15, 0.2) is 84.2 Å². The van der Waals surface area contributed by atoms with Gasteiger partial charge in [-0.25, -0.2) is 4.68 Å². The molecule has 176 valence electrons. The highest BCUT2D eigenvalue weighted by atomic mass is 16.5. The highest BCUT2D eigenvalue weighted by Gasteiger charge is 2.35. The van der Waals surface area contributed by atoms with E-state index in [9.17, 15) is 4.79 Å². The van der Waals surface area contributed by atoms with Crippen molar-refractivity contribution in [3.8, 4) is 22.9 Å². The molecule has 0 unspecified atom stereocenters. The summed E-state index contributed by atoms with van der Waals surface area (Å²) < 4.78 is 12.4. The molecule has 0 saturated heterocycles. The molecule has 2 aromatic heterocycles. The van der Waals surface area contributed by atoms with Gasteiger partial charge in [-0.1, -0.05) is 18.2 Å². The molecule has 9 heteroatoms. The Kier molecular flexibility index (Phi) is 5.88. The smallest absolute Gasteiger partial charge is 0.256 e. The molecule has 3 heterocycles. The molecule has 0 aliphatic carbocycles. The van der Waals surface area contributed by atoms with Crippen molar-refractivity contribution in [2.45, 2.75) is 13.0 Å². The number of anilines is 2. The van der Waals surface area contributed by atoms with Crippen LogP contribution in [0.2, 0.25) is 0 Å². The van der Waals surface area contributed by atoms with Crippen molar-refractivity contribution < 1.29 is 14.3 Å². The van der Waals surface area contributed by atoms with Crippen LogP contribution in [0.4, 0.5) is 11.6 Å². The number of carbonyl (C=O) groups is 1. The predicted octanol–water partition coefficient (Wildman–Crippen LogP) is 4.28. The molecule has 0 fully saturated rings. The van der Waals surface area contributed by atoms with E-state index < -0.39 is 6.04 Å². The Morgan fingerprint density at radius 2 is 1.77 bits per heavy atom. The molecule has 0 spiro atoms. The van der Waals surface area contributed by atoms with E-state index in [1.54, 1.807) is 37.2 Å². The van der Waals surface area contributed by atoms with Crippen molar-refractivity contribution in [2.24, 2.45) is 0 Å². The minimum Gasteiger partial charge on any atom is -0.497 e. The Hall–Kier alpha value is -4.66. The zero-order valence-corrected chi connectivity index (χ0v) is 19.5. The first-order valence-corrected chi connectivity index (χ1v) is 11.0. The van der Waals surface area contributed by atoms with Gasteiger partial charge in [-0.05, 0) is 55.5 Å². The van der Waals surface area contributed by atoms with Crippen molar-refractivity contribution in [3.63, 3.8) is 0 Å². The lowest BCUT2D eigenvalue weighted by atomic mass is 9.98. The van der Waals surface area contributed by atoms with E-state index in [2.05, 4.69) is 15.6 Å². The first kappa shape index (κ1) is 22.1. The second-order valence-corrected chi connectivity index (χ2v) is 7.91. The number of hydrogen-bond acceptors (Lipinski definition) is 7. The molecule has 2 aromatic carbocycles. The Morgan fingerprint density at radius 3 is 2.49 bits per heavy atom. The highest BCUT2D eigenvalue weighted by Crippen LogP contribution is 2.36. The van der Waals surface area contributed by atoms with Crippen molar-refractivity contribution in [3.05, 3.63) is 89.9 Å². The van der Waals surface area contributed by atoms with Crippen molar-refractivity contribution in [2.75, 3.05) is 24.9 Å². The summed E-state index contributed by atoms with van der Waals surface area (Å²) >= 11 is 0. The molecule has 1 aliphatic heterocycles. The number of fused-ring (bicyclic) bond motifs is 1. The van der Waals surface area contributed by atoms with E-state index in [0.29, 0.717) is 40.2 Å². The van der Waals surface area contributed by atoms with Gasteiger partial charge in [0.2, 0.25) is 5.95 Å². The van der Waals surface area contributed by atoms with Gasteiger partial charge in [0.15, 0.2) is 5.82 Å². The molecular formula is C26H24N6O3. The van der Waals surface area contributed by atoms with Crippen LogP contribution in [0.5, 0.6) is 11.5 Å². The molecule has 1 amide bonds. The fourth-order valence-corrected chi connectivity index (χ4v) is 4.06. The van der Waals surface area contributed by atoms with E-state index in [4.69, 9.17) is 19.6 Å². The summed E-state index contributed by atoms with van der Waals surface area (Å²) in [4.78, 5) is 22.9. The molecule has 4 aromatic rings. The third-order valence-electron chi connectivity index (χ3n) is 5.77. The zero-order chi connectivity index (χ0) is 24.4. The number of methoxy groups -OCH3 is 2. The van der Waals surface area contributed by atoms with E-state index >= 15 is 0 Å². The normalized spacial score (nSPS) is 14.7. The van der Waals surface area contributed by atoms with Crippen LogP contribution in [0.3, 0.4) is 0 Å². The van der Waals surface area contributed by atoms with Gasteiger partial charge < -0.3 is 20.1 Å². The lowest BCUT2D eigenvalue weighted by Gasteiger charge is -2.28. The van der Waals surface area contributed by atoms with E-state index in [-0.39, 0.29) is 5.91 Å². The average molecular weight is 469 g/mol. The molecule has 0 bridgehead atoms. The maximum Gasteiger partial charge on any atom is 0.256 e. The Labute approximate surface area is 202 Å². The standard InChI is InChI=1S/C26H24N6O3/c1-16-22(25(33)29-19-8-4-5-10-21(19)35-3)23(20-9-6-7-15-27-20)32-26(28-16)30-24(31-32)17-11-13-18(34-2)14-12-17/h4-15,23H,1-3H3,(H,29,33)(H,28,30,31)/t23-/m0/s1. The molecule has 1 aliphatic rings. The number of ether oxygens (including phenoxy) is 2. The molecule has 9 nitrogen and oxygen atoms in total. The molecule has 0 radical (unpaired) electrons. The number of rotatable bonds is 6. The first-order valence-electron chi connectivity index (χ1n) is 11.0. The van der Waals surface area contributed by atoms with Crippen molar-refractivity contribution in [1.29, 1.82) is 0 Å². The lowest BCUT2D eigenvalue weighted by Crippen LogP contribution is -2.32. The molecule has 2 N–H and O–H groups in total. The Morgan fingerprint density at radius 1 is 1.00 bits per heavy atom. The number of aromatic nitrogens is 4. The van der Waals surface area contributed by atoms with Gasteiger partial charge in [0.25, 0.3) is 5.91 Å². The third-order valence-corrected chi connectivity index (χ3v) is 5.77. The fourth-order valence-electron chi connectivity index (χ4n) is 4.06. The number of nitrogens with one attached hydrogen (secondary N) is 2. The summed E-state index contributed by atoms with van der Waals surface area (Å²) in [7, 11) is 3.19. The number of allylic oxidation sites excluding steroid dienone is 1. The average Bonchev–Trinajstić information content (AvgIpc) is 3.32. The fraction of sp³-hybridized carbons (Fsp3) is 0.154. The molecule has 35 heavy (non-hydrogen) atoms. The van der Waals surface area contributed by atoms with Gasteiger partial charge >= 0.3 is 0 Å². The monoisotopic (exact) mass is 468 g/mol. The quantitative estimate of drug-likeness (QED) is 0.435. The van der Waals surface area contributed by atoms with Crippen LogP contribution >= 0.6 is 0 Å². The number of carbonyl (C=O) groups excluding carboxylic acids is 1. The van der Waals surface area contributed by atoms with Crippen LogP contribution in [0, 0.1) is 0 Å². The van der Waals surface area contributed by atoms with Crippen molar-refractivity contribution >= 4 is 17.5 Å². The molecular weight excluding hydrogens is 444 g/mol. The van der Waals surface area contributed by atoms with Gasteiger partial charge in [-0.2, -0.15) is 4.98 Å². The molecule has 1 atom stereocenters. The zero-order valence-electron chi connectivity index (χ0n) is 19.5. The highest BCUT2D eigenvalue weighted by molar-refractivity contribution is 6.06. The predicted molar refractivity (Wildman–Crippen MR) is 132 cm³/mol. The van der Waals surface area contributed by atoms with Crippen LogP contribution in [-0.2, 0) is 4.79 Å². The van der Waals surface area contributed by atoms with Gasteiger partial charge in [0.1, 0.15) is 17.5 Å². The second kappa shape index (κ2) is 9.30. The van der Waals surface area contributed by atoms with Crippen LogP contribution < -0.4 is 20.1 Å². The number of hydrogen-bond donors (Lipinski definition) is 2. The summed E-state index contributed by atoms with van der Waals surface area (Å²) in [6, 6.07) is 19.8. The van der Waals surface area contributed by atoms with Crippen molar-refractivity contribution in [1.82, 2.24) is 19.7 Å². The number of nitrogens with zero attached hydrogens (tertiary/aromatic N) is 4. The number of amides is 1. The number of benzene rings is 2. The number of para-hydroxylation sites is 2. The second-order valence-electron chi connectivity index (χ2n) is 7.91. The van der Waals surface area contributed by atoms with Crippen LogP contribution in [-0.4, -0.2) is 39.9 Å². The summed E-state index contributed by atoms with van der Waals surface area (Å²) in [5, 5.41) is 11.0. The van der Waals surface area contributed by atoms with Gasteiger partial charge in [-0.3, -0.25) is 9.78 Å². The number of pyridine rings is 1. The minimum atomic E-state index is -0.582. The summed E-state index contributed by atoms with van der Waals surface area (Å²) in [5.74, 6) is 2.07. The van der Waals surface area contributed by atoms with E-state index in [1.165, 1.54) is 0 Å². The van der Waals surface area contributed by atoms with Gasteiger partial charge in [0, 0.05) is 17.5 Å². The van der Waals surface area contributed by atoms with Gasteiger partial charge in [-0.15, -0.1) is 5.10 Å². The largest absolute Gasteiger partial charge is 0.497 e. The first-order chi connectivity index (χ1) is 17.1. The van der Waals surface area contributed by atoms with Crippen LogP contribution in [0.25, 0.3) is 11.4 Å². The van der Waals surface area contributed by atoms with Crippen LogP contribution in [0.1, 0.15) is 18.7 Å². The lowest BCUT2D eigenvalue weighted by molar-refractivity contribution is -0.113. The summed E-state index contributed by atoms with van der Waals surface area (Å²) in [5.41, 5.74) is 3.21. The topological polar surface area (TPSA) is 103 Å². The minimum absolute atomic E-state index is 0.290. The Bertz CT molecular complexity index is 1400. The maximum atomic E-state index is 13.6. The molecule has 0 saturated carbocycles. The Balaban J connectivity index is 1.57. The van der Waals surface area contributed by atoms with Gasteiger partial charge in [0.05, 0.1) is 31.2 Å². The third kappa shape index (κ3) is 4.19. The summed E-state index contributed by atoms with van der Waals surface area (Å²) in [6.45, 7) is 1.85. The molecule has 5 rings (SSSR count). The SMILES string of the molecule is COc1ccc(-c2nc3n(n2)[C@@H](c2ccccn2)C(C(=O)Nc2ccccc2OC)=C(C)N3)cc1.